The molecule has 0 bridgehead atoms. The van der Waals surface area contributed by atoms with Crippen molar-refractivity contribution in [2.75, 3.05) is 0 Å². The molecule has 0 saturated heterocycles. The molecule has 0 aliphatic carbocycles. The molecule has 0 radical (unpaired) electrons. The highest BCUT2D eigenvalue weighted by molar-refractivity contribution is 14.1. The van der Waals surface area contributed by atoms with Crippen molar-refractivity contribution < 1.29 is 14.3 Å². The summed E-state index contributed by atoms with van der Waals surface area (Å²) < 4.78 is 7.28. The number of ketones is 1. The maximum Gasteiger partial charge on any atom is 0.166 e. The monoisotopic (exact) mass is 546 g/mol. The predicted molar refractivity (Wildman–Crippen MR) is 112 cm³/mol. The van der Waals surface area contributed by atoms with Gasteiger partial charge in [0.25, 0.3) is 0 Å². The van der Waals surface area contributed by atoms with Crippen LogP contribution in [0.4, 0.5) is 0 Å². The molecule has 3 aromatic rings. The van der Waals surface area contributed by atoms with Crippen molar-refractivity contribution in [2.45, 2.75) is 19.8 Å². The van der Waals surface area contributed by atoms with Crippen LogP contribution in [-0.2, 0) is 0 Å². The van der Waals surface area contributed by atoms with Crippen molar-refractivity contribution in [1.29, 1.82) is 0 Å². The minimum absolute atomic E-state index is 0.0333. The summed E-state index contributed by atoms with van der Waals surface area (Å²) in [6.45, 7) is 3.93. The van der Waals surface area contributed by atoms with Gasteiger partial charge in [-0.3, -0.25) is 4.79 Å². The Balaban J connectivity index is 1.89. The van der Waals surface area contributed by atoms with Crippen molar-refractivity contribution in [1.82, 2.24) is 0 Å². The van der Waals surface area contributed by atoms with Crippen molar-refractivity contribution in [3.8, 4) is 5.75 Å². The second kappa shape index (κ2) is 7.03. The van der Waals surface area contributed by atoms with E-state index in [1.807, 2.05) is 89.4 Å². The molecule has 1 heterocycles. The fourth-order valence-corrected chi connectivity index (χ4v) is 4.44. The second-order valence-electron chi connectivity index (χ2n) is 5.92. The summed E-state index contributed by atoms with van der Waals surface area (Å²) >= 11 is 4.09. The zero-order valence-electron chi connectivity index (χ0n) is 13.2. The Hall–Kier alpha value is -1.09. The van der Waals surface area contributed by atoms with Gasteiger partial charge in [-0.15, -0.1) is 0 Å². The minimum atomic E-state index is -0.221. The maximum atomic E-state index is 12.9. The Morgan fingerprint density at radius 3 is 2.33 bits per heavy atom. The van der Waals surface area contributed by atoms with E-state index in [0.29, 0.717) is 12.7 Å². The normalized spacial score (nSPS) is 13.8. The fraction of sp³-hybridized carbons (Fsp3) is 0.211. The number of phenolic OH excluding ortho intramolecular Hbond substituents is 1. The lowest BCUT2D eigenvalue weighted by atomic mass is 9.87. The fourth-order valence-electron chi connectivity index (χ4n) is 2.67. The van der Waals surface area contributed by atoms with Gasteiger partial charge in [-0.1, -0.05) is 32.0 Å². The third kappa shape index (κ3) is 3.33. The van der Waals surface area contributed by atoms with E-state index in [4.69, 9.17) is 4.42 Å². The number of hydrogen-bond acceptors (Lipinski definition) is 3. The summed E-state index contributed by atoms with van der Waals surface area (Å²) in [6, 6.07) is 13.3. The summed E-state index contributed by atoms with van der Waals surface area (Å²) in [5.41, 5.74) is 1.46. The number of para-hydroxylation sites is 1. The van der Waals surface area contributed by atoms with Gasteiger partial charge in [0.05, 0.1) is 7.14 Å². The number of carbonyl (C=O) groups excluding carboxylic acids is 1. The smallest absolute Gasteiger partial charge is 0.166 e. The molecule has 1 N–H and O–H groups in total. The number of furan rings is 1. The van der Waals surface area contributed by atoms with Crippen molar-refractivity contribution >= 4 is 61.9 Å². The summed E-state index contributed by atoms with van der Waals surface area (Å²) in [7, 11) is 0. The minimum Gasteiger partial charge on any atom is -0.506 e. The van der Waals surface area contributed by atoms with E-state index >= 15 is 0 Å². The molecule has 0 amide bonds. The third-order valence-electron chi connectivity index (χ3n) is 4.36. The number of benzene rings is 2. The molecule has 0 aliphatic rings. The molecule has 3 rings (SSSR count). The summed E-state index contributed by atoms with van der Waals surface area (Å²) in [5, 5.41) is 10.9. The van der Waals surface area contributed by atoms with Gasteiger partial charge >= 0.3 is 0 Å². The Labute approximate surface area is 167 Å². The van der Waals surface area contributed by atoms with E-state index in [-0.39, 0.29) is 23.4 Å². The molecule has 2 aromatic carbocycles. The molecule has 3 nitrogen and oxygen atoms in total. The Kier molecular flexibility index (Phi) is 5.19. The molecule has 0 aliphatic heterocycles. The third-order valence-corrected chi connectivity index (χ3v) is 6.00. The van der Waals surface area contributed by atoms with Crippen LogP contribution in [0.25, 0.3) is 11.0 Å². The van der Waals surface area contributed by atoms with Crippen LogP contribution in [0.5, 0.6) is 5.75 Å². The molecule has 0 unspecified atom stereocenters. The van der Waals surface area contributed by atoms with Crippen molar-refractivity contribution in [3.05, 3.63) is 60.9 Å². The molecule has 5 heteroatoms. The lowest BCUT2D eigenvalue weighted by Gasteiger charge is -2.17. The molecule has 2 atom stereocenters. The quantitative estimate of drug-likeness (QED) is 0.324. The van der Waals surface area contributed by atoms with E-state index in [1.165, 1.54) is 0 Å². The van der Waals surface area contributed by atoms with Crippen LogP contribution in [0.15, 0.2) is 46.9 Å². The van der Waals surface area contributed by atoms with Crippen LogP contribution >= 0.6 is 45.2 Å². The average molecular weight is 546 g/mol. The van der Waals surface area contributed by atoms with Crippen LogP contribution in [0, 0.1) is 13.1 Å². The van der Waals surface area contributed by atoms with E-state index in [0.717, 1.165) is 16.7 Å². The van der Waals surface area contributed by atoms with Gasteiger partial charge in [0.15, 0.2) is 5.78 Å². The number of Topliss-reactive ketones (excluding diaryl/α,β-unsaturated/α-hetero) is 1. The lowest BCUT2D eigenvalue weighted by Crippen LogP contribution is -2.18. The standard InChI is InChI=1S/C19H16I2O3/c1-10(17-9-12-5-3-4-6-16(12)24-17)11(2)18(22)13-7-14(20)19(23)15(21)8-13/h3-11,23H,1-2H3/t10-,11-/m0/s1. The largest absolute Gasteiger partial charge is 0.506 e. The van der Waals surface area contributed by atoms with Gasteiger partial charge in [0.1, 0.15) is 17.1 Å². The number of halogens is 2. The highest BCUT2D eigenvalue weighted by Crippen LogP contribution is 2.33. The summed E-state index contributed by atoms with van der Waals surface area (Å²) in [4.78, 5) is 12.9. The number of aromatic hydroxyl groups is 1. The number of hydrogen-bond donors (Lipinski definition) is 1. The van der Waals surface area contributed by atoms with Gasteiger partial charge in [-0.05, 0) is 69.4 Å². The van der Waals surface area contributed by atoms with Gasteiger partial charge in [-0.25, -0.2) is 0 Å². The second-order valence-corrected chi connectivity index (χ2v) is 8.24. The van der Waals surface area contributed by atoms with Crippen LogP contribution in [0.3, 0.4) is 0 Å². The van der Waals surface area contributed by atoms with Crippen LogP contribution in [0.1, 0.15) is 35.9 Å². The first-order chi connectivity index (χ1) is 11.4. The number of carbonyl (C=O) groups is 1. The molecule has 124 valence electrons. The van der Waals surface area contributed by atoms with Crippen molar-refractivity contribution in [3.63, 3.8) is 0 Å². The van der Waals surface area contributed by atoms with Crippen molar-refractivity contribution in [2.24, 2.45) is 5.92 Å². The predicted octanol–water partition coefficient (Wildman–Crippen LogP) is 5.97. The van der Waals surface area contributed by atoms with Gasteiger partial charge in [-0.2, -0.15) is 0 Å². The van der Waals surface area contributed by atoms with Crippen LogP contribution in [0.2, 0.25) is 0 Å². The van der Waals surface area contributed by atoms with Gasteiger partial charge in [0.2, 0.25) is 0 Å². The topological polar surface area (TPSA) is 50.4 Å². The number of phenols is 1. The lowest BCUT2D eigenvalue weighted by molar-refractivity contribution is 0.0910. The van der Waals surface area contributed by atoms with Gasteiger partial charge in [0, 0.05) is 22.8 Å². The molecule has 0 spiro atoms. The number of fused-ring (bicyclic) bond motifs is 1. The molecular formula is C19H16I2O3. The van der Waals surface area contributed by atoms with Crippen LogP contribution < -0.4 is 0 Å². The molecular weight excluding hydrogens is 530 g/mol. The first-order valence-electron chi connectivity index (χ1n) is 7.59. The highest BCUT2D eigenvalue weighted by Gasteiger charge is 2.26. The van der Waals surface area contributed by atoms with E-state index in [9.17, 15) is 9.90 Å². The highest BCUT2D eigenvalue weighted by atomic mass is 127. The molecule has 0 fully saturated rings. The maximum absolute atomic E-state index is 12.9. The molecule has 24 heavy (non-hydrogen) atoms. The molecule has 1 aromatic heterocycles. The van der Waals surface area contributed by atoms with E-state index in [2.05, 4.69) is 0 Å². The SMILES string of the molecule is C[C@H](C(=O)c1cc(I)c(O)c(I)c1)[C@H](C)c1cc2ccccc2o1. The Morgan fingerprint density at radius 1 is 1.08 bits per heavy atom. The summed E-state index contributed by atoms with van der Waals surface area (Å²) in [6.07, 6.45) is 0. The first-order valence-corrected chi connectivity index (χ1v) is 9.75. The molecule has 0 saturated carbocycles. The average Bonchev–Trinajstić information content (AvgIpc) is 3.01. The summed E-state index contributed by atoms with van der Waals surface area (Å²) in [5.74, 6) is 0.848. The van der Waals surface area contributed by atoms with E-state index < -0.39 is 0 Å². The Bertz CT molecular complexity index is 858. The van der Waals surface area contributed by atoms with E-state index in [1.54, 1.807) is 12.1 Å². The number of rotatable bonds is 4. The Morgan fingerprint density at radius 2 is 1.71 bits per heavy atom. The van der Waals surface area contributed by atoms with Gasteiger partial charge < -0.3 is 9.52 Å². The zero-order chi connectivity index (χ0) is 17.4. The first kappa shape index (κ1) is 17.7. The van der Waals surface area contributed by atoms with Crippen LogP contribution in [-0.4, -0.2) is 10.9 Å². The zero-order valence-corrected chi connectivity index (χ0v) is 17.5.